The van der Waals surface area contributed by atoms with E-state index in [0.717, 1.165) is 53.9 Å². The zero-order valence-electron chi connectivity index (χ0n) is 14.2. The van der Waals surface area contributed by atoms with Gasteiger partial charge in [-0.1, -0.05) is 0 Å². The van der Waals surface area contributed by atoms with Gasteiger partial charge in [0.2, 0.25) is 5.95 Å². The van der Waals surface area contributed by atoms with Gasteiger partial charge in [-0.05, 0) is 6.92 Å². The van der Waals surface area contributed by atoms with E-state index in [2.05, 4.69) is 35.4 Å². The Morgan fingerprint density at radius 1 is 1.35 bits per heavy atom. The maximum absolute atomic E-state index is 12.9. The molecular weight excluding hydrogens is 357 g/mol. The van der Waals surface area contributed by atoms with Gasteiger partial charge >= 0.3 is 0 Å². The predicted molar refractivity (Wildman–Crippen MR) is 97.4 cm³/mol. The Kier molecular flexibility index (Phi) is 4.76. The lowest BCUT2D eigenvalue weighted by Crippen LogP contribution is -2.29. The lowest BCUT2D eigenvalue weighted by molar-refractivity contribution is 0.154. The van der Waals surface area contributed by atoms with Gasteiger partial charge in [0, 0.05) is 31.0 Å². The van der Waals surface area contributed by atoms with E-state index >= 15 is 0 Å². The molecule has 1 aliphatic rings. The van der Waals surface area contributed by atoms with E-state index in [1.54, 1.807) is 17.5 Å². The molecule has 0 aromatic carbocycles. The quantitative estimate of drug-likeness (QED) is 0.640. The summed E-state index contributed by atoms with van der Waals surface area (Å²) in [4.78, 5) is 15.9. The molecule has 8 nitrogen and oxygen atoms in total. The number of nitrogens with zero attached hydrogens (tertiary/aromatic N) is 5. The van der Waals surface area contributed by atoms with Gasteiger partial charge in [-0.25, -0.2) is 19.3 Å². The first-order valence-electron chi connectivity index (χ1n) is 8.35. The number of H-pyrrole nitrogens is 1. The molecule has 0 fully saturated rings. The van der Waals surface area contributed by atoms with Crippen LogP contribution in [-0.4, -0.2) is 51.5 Å². The molecule has 10 heteroatoms. The van der Waals surface area contributed by atoms with Gasteiger partial charge in [0.05, 0.1) is 36.5 Å². The van der Waals surface area contributed by atoms with E-state index < -0.39 is 5.82 Å². The zero-order chi connectivity index (χ0) is 17.9. The summed E-state index contributed by atoms with van der Waals surface area (Å²) in [6.45, 7) is 5.02. The van der Waals surface area contributed by atoms with Gasteiger partial charge in [0.15, 0.2) is 10.9 Å². The molecule has 0 saturated heterocycles. The number of ether oxygens (including phenoxy) is 1. The third-order valence-corrected chi connectivity index (χ3v) is 5.08. The average Bonchev–Trinajstić information content (AvgIpc) is 3.24. The molecule has 4 rings (SSSR count). The Morgan fingerprint density at radius 3 is 3.00 bits per heavy atom. The van der Waals surface area contributed by atoms with Crippen LogP contribution in [0.15, 0.2) is 18.6 Å². The number of hydrogen-bond acceptors (Lipinski definition) is 8. The van der Waals surface area contributed by atoms with Crippen molar-refractivity contribution in [3.05, 3.63) is 29.3 Å². The molecule has 26 heavy (non-hydrogen) atoms. The van der Waals surface area contributed by atoms with Crippen molar-refractivity contribution in [3.63, 3.8) is 0 Å². The van der Waals surface area contributed by atoms with Crippen LogP contribution in [0.25, 0.3) is 11.3 Å². The number of fused-ring (bicyclic) bond motifs is 3. The van der Waals surface area contributed by atoms with E-state index in [0.29, 0.717) is 24.3 Å². The molecule has 0 amide bonds. The molecule has 0 unspecified atom stereocenters. The van der Waals surface area contributed by atoms with Crippen LogP contribution >= 0.6 is 11.3 Å². The van der Waals surface area contributed by atoms with Crippen LogP contribution in [0.1, 0.15) is 11.8 Å². The van der Waals surface area contributed by atoms with Crippen LogP contribution in [0.4, 0.5) is 21.3 Å². The Balaban J connectivity index is 1.58. The first-order valence-corrected chi connectivity index (χ1v) is 9.17. The number of hydrogen-bond donors (Lipinski definition) is 2. The zero-order valence-corrected chi connectivity index (χ0v) is 15.0. The minimum Gasteiger partial charge on any atom is -0.380 e. The molecule has 0 saturated carbocycles. The number of aromatic amines is 1. The molecule has 0 spiro atoms. The van der Waals surface area contributed by atoms with Crippen LogP contribution in [-0.2, 0) is 11.2 Å². The molecule has 0 atom stereocenters. The van der Waals surface area contributed by atoms with E-state index in [1.165, 1.54) is 0 Å². The fourth-order valence-electron chi connectivity index (χ4n) is 2.84. The van der Waals surface area contributed by atoms with Crippen molar-refractivity contribution in [1.29, 1.82) is 0 Å². The Bertz CT molecular complexity index is 879. The van der Waals surface area contributed by atoms with Crippen molar-refractivity contribution >= 4 is 28.2 Å². The standard InChI is InChI=1S/C16H18FN7OS/c1-2-25-6-5-24-4-3-12-13(11-9-20-23-14(11)24)21-16(26-12)22-15-18-7-10(17)8-19-15/h7-9H,2-6H2,1H3,(H,20,23)(H,18,19,21,22). The highest BCUT2D eigenvalue weighted by molar-refractivity contribution is 7.16. The number of rotatable bonds is 6. The molecular formula is C16H18FN7OS. The van der Waals surface area contributed by atoms with E-state index in [1.807, 2.05) is 6.92 Å². The second kappa shape index (κ2) is 7.34. The number of thiazole rings is 1. The second-order valence-corrected chi connectivity index (χ2v) is 6.79. The van der Waals surface area contributed by atoms with Crippen molar-refractivity contribution < 1.29 is 9.13 Å². The fraction of sp³-hybridized carbons (Fsp3) is 0.375. The Labute approximate surface area is 153 Å². The molecule has 1 aliphatic heterocycles. The fourth-order valence-corrected chi connectivity index (χ4v) is 3.80. The summed E-state index contributed by atoms with van der Waals surface area (Å²) in [5.74, 6) is 0.806. The number of halogens is 1. The van der Waals surface area contributed by atoms with Crippen LogP contribution in [0, 0.1) is 5.82 Å². The number of anilines is 3. The van der Waals surface area contributed by atoms with Gasteiger partial charge in [0.1, 0.15) is 5.82 Å². The van der Waals surface area contributed by atoms with Gasteiger partial charge in [-0.2, -0.15) is 5.10 Å². The van der Waals surface area contributed by atoms with E-state index in [9.17, 15) is 4.39 Å². The highest BCUT2D eigenvalue weighted by Crippen LogP contribution is 2.38. The maximum Gasteiger partial charge on any atom is 0.229 e. The topological polar surface area (TPSA) is 91.8 Å². The first-order chi connectivity index (χ1) is 12.7. The van der Waals surface area contributed by atoms with Crippen LogP contribution in [0.5, 0.6) is 0 Å². The Hall–Kier alpha value is -2.59. The second-order valence-electron chi connectivity index (χ2n) is 5.71. The molecule has 0 bridgehead atoms. The molecule has 3 aromatic rings. The molecule has 2 N–H and O–H groups in total. The third kappa shape index (κ3) is 3.37. The third-order valence-electron chi connectivity index (χ3n) is 4.05. The summed E-state index contributed by atoms with van der Waals surface area (Å²) in [5.41, 5.74) is 1.88. The van der Waals surface area contributed by atoms with Gasteiger partial charge in [0.25, 0.3) is 0 Å². The van der Waals surface area contributed by atoms with Crippen molar-refractivity contribution in [1.82, 2.24) is 25.1 Å². The smallest absolute Gasteiger partial charge is 0.229 e. The number of aromatic nitrogens is 5. The monoisotopic (exact) mass is 375 g/mol. The van der Waals surface area contributed by atoms with Crippen molar-refractivity contribution in [2.45, 2.75) is 13.3 Å². The van der Waals surface area contributed by atoms with Crippen molar-refractivity contribution in [2.24, 2.45) is 0 Å². The number of nitrogens with one attached hydrogen (secondary N) is 2. The molecule has 4 heterocycles. The van der Waals surface area contributed by atoms with Crippen LogP contribution in [0.2, 0.25) is 0 Å². The lowest BCUT2D eigenvalue weighted by atomic mass is 10.2. The normalized spacial score (nSPS) is 13.2. The average molecular weight is 375 g/mol. The van der Waals surface area contributed by atoms with Gasteiger partial charge < -0.3 is 15.0 Å². The first kappa shape index (κ1) is 16.9. The van der Waals surface area contributed by atoms with E-state index in [4.69, 9.17) is 4.74 Å². The minimum atomic E-state index is -0.472. The van der Waals surface area contributed by atoms with Crippen LogP contribution in [0.3, 0.4) is 0 Å². The van der Waals surface area contributed by atoms with Crippen molar-refractivity contribution in [3.8, 4) is 11.3 Å². The molecule has 3 aromatic heterocycles. The lowest BCUT2D eigenvalue weighted by Gasteiger charge is -2.21. The van der Waals surface area contributed by atoms with Crippen LogP contribution < -0.4 is 10.2 Å². The summed E-state index contributed by atoms with van der Waals surface area (Å²) in [5, 5.41) is 11.0. The van der Waals surface area contributed by atoms with E-state index in [-0.39, 0.29) is 0 Å². The maximum atomic E-state index is 12.9. The molecule has 0 aliphatic carbocycles. The molecule has 136 valence electrons. The summed E-state index contributed by atoms with van der Waals surface area (Å²) in [7, 11) is 0. The predicted octanol–water partition coefficient (Wildman–Crippen LogP) is 2.60. The van der Waals surface area contributed by atoms with Crippen molar-refractivity contribution in [2.75, 3.05) is 36.5 Å². The highest BCUT2D eigenvalue weighted by atomic mass is 32.1. The largest absolute Gasteiger partial charge is 0.380 e. The summed E-state index contributed by atoms with van der Waals surface area (Å²) in [6.07, 6.45) is 4.91. The SMILES string of the molecule is CCOCCN1CCc2sc(Nc3ncc(F)cn3)nc2-c2cn[nH]c21. The highest BCUT2D eigenvalue weighted by Gasteiger charge is 2.25. The summed E-state index contributed by atoms with van der Waals surface area (Å²) < 4.78 is 18.4. The summed E-state index contributed by atoms with van der Waals surface area (Å²) in [6, 6.07) is 0. The molecule has 0 radical (unpaired) electrons. The summed E-state index contributed by atoms with van der Waals surface area (Å²) >= 11 is 1.55. The minimum absolute atomic E-state index is 0.320. The van der Waals surface area contributed by atoms with Gasteiger partial charge in [-0.3, -0.25) is 5.10 Å². The Morgan fingerprint density at radius 2 is 2.19 bits per heavy atom. The van der Waals surface area contributed by atoms with Gasteiger partial charge in [-0.15, -0.1) is 11.3 Å².